The smallest absolute Gasteiger partial charge is 0.410 e. The molecule has 554 valence electrons. The number of piperazine rings is 1. The van der Waals surface area contributed by atoms with Gasteiger partial charge in [0.1, 0.15) is 58.8 Å². The Bertz CT molecular complexity index is 5050. The Morgan fingerprint density at radius 2 is 1.40 bits per heavy atom. The number of ether oxygens (including phenoxy) is 4. The van der Waals surface area contributed by atoms with E-state index in [1.54, 1.807) is 18.6 Å². The maximum Gasteiger partial charge on any atom is 0.410 e. The van der Waals surface area contributed by atoms with Crippen molar-refractivity contribution in [3.63, 3.8) is 0 Å². The van der Waals surface area contributed by atoms with E-state index in [-0.39, 0.29) is 61.7 Å². The number of hydrogen-bond acceptors (Lipinski definition) is 17. The molecule has 22 nitrogen and oxygen atoms in total. The van der Waals surface area contributed by atoms with E-state index in [0.29, 0.717) is 107 Å². The summed E-state index contributed by atoms with van der Waals surface area (Å²) in [6.45, 7) is 14.7. The standard InChI is InChI=1S/C85H88FN13O9/c1-50(2)77(81(103)97-45-63(101)40-72(97)80(102)89-71(48-100)56-29-31-57(32-30-56)75-52(4)87-35-36-88-75)98-47-70(92-94-98)55-25-23-53(24-26-55)49-106-78-74(73-51(3)68(86)42-69-67(73)46-99(93-69)85(58-17-11-8-12-18-58,59-19-13-9-14-20-59)60-21-15-10-16-22-60)65(54-27-28-54)41-66-76(78)90-82(107-64-33-37-105-38-34-64)91-79(66)95-43-62-39-61(95)44-96(62)83(104)108-84(5,6)7/h8-26,29-32,35-36,41-42,46-47,50,54,61-64,71-72,77,100-101H,27-28,33-34,37-40,43-45,48-49H2,1-7H3,(H,89,102)/t61-,62-,63+,71-,72-,77-/m0/s1. The van der Waals surface area contributed by atoms with E-state index >= 15 is 4.39 Å². The Kier molecular flexibility index (Phi) is 19.3. The summed E-state index contributed by atoms with van der Waals surface area (Å²) < 4.78 is 47.3. The average molecular weight is 1450 g/mol. The summed E-state index contributed by atoms with van der Waals surface area (Å²) in [5, 5.41) is 40.7. The van der Waals surface area contributed by atoms with Gasteiger partial charge in [-0.05, 0) is 111 Å². The van der Waals surface area contributed by atoms with Crippen molar-refractivity contribution in [3.05, 3.63) is 227 Å². The van der Waals surface area contributed by atoms with E-state index in [1.807, 2.05) is 161 Å². The molecule has 2 bridgehead atoms. The van der Waals surface area contributed by atoms with Gasteiger partial charge in [0.25, 0.3) is 0 Å². The molecule has 0 unspecified atom stereocenters. The molecule has 4 aliphatic heterocycles. The molecule has 16 rings (SSSR count). The third-order valence-electron chi connectivity index (χ3n) is 21.9. The molecule has 1 saturated carbocycles. The maximum atomic E-state index is 17.7. The van der Waals surface area contributed by atoms with Crippen molar-refractivity contribution in [1.29, 1.82) is 0 Å². The second kappa shape index (κ2) is 29.3. The number of nitrogens with zero attached hydrogens (tertiary/aromatic N) is 12. The van der Waals surface area contributed by atoms with Gasteiger partial charge in [0.05, 0.1) is 67.2 Å². The zero-order chi connectivity index (χ0) is 74.7. The van der Waals surface area contributed by atoms with Crippen LogP contribution in [0.15, 0.2) is 176 Å². The summed E-state index contributed by atoms with van der Waals surface area (Å²) in [6, 6.07) is 46.9. The molecular formula is C85H88FN13O9. The van der Waals surface area contributed by atoms with Gasteiger partial charge in [-0.3, -0.25) is 24.2 Å². The van der Waals surface area contributed by atoms with Crippen molar-refractivity contribution in [2.75, 3.05) is 44.4 Å². The van der Waals surface area contributed by atoms with Gasteiger partial charge in [-0.25, -0.2) is 13.9 Å². The molecular weight excluding hydrogens is 1370 g/mol. The number of likely N-dealkylation sites (tertiary alicyclic amines) is 2. The number of carbonyl (C=O) groups excluding carboxylic acids is 3. The van der Waals surface area contributed by atoms with E-state index in [0.717, 1.165) is 63.0 Å². The number of nitrogens with one attached hydrogen (secondary N) is 1. The number of rotatable bonds is 21. The lowest BCUT2D eigenvalue weighted by Crippen LogP contribution is -2.50. The Balaban J connectivity index is 0.766. The number of aliphatic hydroxyl groups excluding tert-OH is 2. The summed E-state index contributed by atoms with van der Waals surface area (Å²) in [5.74, 6) is -0.537. The number of β-amino-alcohol motifs (C(OH)–C–C–N with tert-alkyl or cyclic N) is 1. The van der Waals surface area contributed by atoms with Gasteiger partial charge in [0, 0.05) is 96.6 Å². The second-order valence-electron chi connectivity index (χ2n) is 30.6. The number of benzene rings is 7. The summed E-state index contributed by atoms with van der Waals surface area (Å²) >= 11 is 0. The van der Waals surface area contributed by atoms with Crippen molar-refractivity contribution in [3.8, 4) is 45.4 Å². The number of hydrogen-bond donors (Lipinski definition) is 3. The van der Waals surface area contributed by atoms with E-state index in [1.165, 1.54) is 15.6 Å². The van der Waals surface area contributed by atoms with Crippen LogP contribution in [0.1, 0.15) is 136 Å². The number of aromatic nitrogens is 9. The molecule has 108 heavy (non-hydrogen) atoms. The minimum Gasteiger partial charge on any atom is -0.486 e. The zero-order valence-electron chi connectivity index (χ0n) is 61.6. The van der Waals surface area contributed by atoms with Crippen LogP contribution < -0.4 is 19.7 Å². The molecule has 7 aromatic carbocycles. The highest BCUT2D eigenvalue weighted by Gasteiger charge is 2.49. The topological polar surface area (TPSA) is 250 Å². The summed E-state index contributed by atoms with van der Waals surface area (Å²) in [4.78, 5) is 68.1. The quantitative estimate of drug-likeness (QED) is 0.0566. The Morgan fingerprint density at radius 3 is 2.02 bits per heavy atom. The van der Waals surface area contributed by atoms with Crippen LogP contribution in [0.3, 0.4) is 0 Å². The number of aryl methyl sites for hydroxylation is 1. The molecule has 8 heterocycles. The van der Waals surface area contributed by atoms with E-state index < -0.39 is 59.6 Å². The van der Waals surface area contributed by atoms with Gasteiger partial charge in [-0.15, -0.1) is 5.10 Å². The first-order valence-electron chi connectivity index (χ1n) is 37.5. The largest absolute Gasteiger partial charge is 0.486 e. The zero-order valence-corrected chi connectivity index (χ0v) is 61.6. The van der Waals surface area contributed by atoms with Crippen LogP contribution in [-0.4, -0.2) is 158 Å². The lowest BCUT2D eigenvalue weighted by molar-refractivity contribution is -0.142. The number of halogens is 1. The monoisotopic (exact) mass is 1450 g/mol. The first kappa shape index (κ1) is 71.3. The third-order valence-corrected chi connectivity index (χ3v) is 21.9. The SMILES string of the molecule is Cc1nccnc1-c1ccc([C@H](CO)NC(=O)[C@@H]2C[C@@H](O)CN2C(=O)[C@H](C(C)C)n2cc(-c3ccc(COc4c(-c5c(C)c(F)cc6nn(C(c7ccccc7)(c7ccccc7)c7ccccc7)cc56)c(C5CC5)cc5c(N6C[C@@H]7C[C@H]6CN7C(=O)OC(C)(C)C)nc(OC6CCOCC6)nc45)cc3)nn2)cc1. The van der Waals surface area contributed by atoms with Crippen LogP contribution in [0, 0.1) is 25.6 Å². The summed E-state index contributed by atoms with van der Waals surface area (Å²) in [5.41, 5.74) is 9.72. The molecule has 3 amide bonds. The van der Waals surface area contributed by atoms with E-state index in [9.17, 15) is 24.6 Å². The van der Waals surface area contributed by atoms with E-state index in [4.69, 9.17) is 34.0 Å². The molecule has 4 saturated heterocycles. The molecule has 3 N–H and O–H groups in total. The summed E-state index contributed by atoms with van der Waals surface area (Å²) in [6.07, 6.45) is 9.23. The minimum absolute atomic E-state index is 0.00557. The molecule has 6 atom stereocenters. The predicted octanol–water partition coefficient (Wildman–Crippen LogP) is 13.2. The van der Waals surface area contributed by atoms with Crippen LogP contribution in [-0.2, 0) is 31.2 Å². The predicted molar refractivity (Wildman–Crippen MR) is 406 cm³/mol. The van der Waals surface area contributed by atoms with Crippen molar-refractivity contribution >= 4 is 45.5 Å². The number of anilines is 1. The van der Waals surface area contributed by atoms with Crippen LogP contribution in [0.4, 0.5) is 15.0 Å². The first-order valence-corrected chi connectivity index (χ1v) is 37.5. The van der Waals surface area contributed by atoms with Crippen LogP contribution >= 0.6 is 0 Å². The Morgan fingerprint density at radius 1 is 0.731 bits per heavy atom. The van der Waals surface area contributed by atoms with Crippen LogP contribution in [0.5, 0.6) is 11.8 Å². The normalized spacial score (nSPS) is 18.8. The fourth-order valence-corrected chi connectivity index (χ4v) is 16.4. The maximum absolute atomic E-state index is 17.7. The molecule has 5 aliphatic rings. The molecule has 0 radical (unpaired) electrons. The Labute approximate surface area is 625 Å². The summed E-state index contributed by atoms with van der Waals surface area (Å²) in [7, 11) is 0. The van der Waals surface area contributed by atoms with Gasteiger partial charge in [0.15, 0.2) is 5.75 Å². The molecule has 11 aromatic rings. The highest BCUT2D eigenvalue weighted by Crippen LogP contribution is 2.55. The lowest BCUT2D eigenvalue weighted by atomic mass is 9.77. The molecule has 4 aromatic heterocycles. The molecule has 0 spiro atoms. The molecule has 23 heteroatoms. The lowest BCUT2D eigenvalue weighted by Gasteiger charge is -2.36. The second-order valence-corrected chi connectivity index (χ2v) is 30.6. The van der Waals surface area contributed by atoms with Crippen LogP contribution in [0.2, 0.25) is 0 Å². The van der Waals surface area contributed by atoms with Gasteiger partial charge < -0.3 is 49.2 Å². The highest BCUT2D eigenvalue weighted by molar-refractivity contribution is 6.06. The van der Waals surface area contributed by atoms with Crippen molar-refractivity contribution in [1.82, 2.24) is 59.8 Å². The third kappa shape index (κ3) is 13.6. The average Bonchev–Trinajstić information content (AvgIpc) is 1.50. The minimum atomic E-state index is -1.03. The van der Waals surface area contributed by atoms with Gasteiger partial charge >= 0.3 is 12.1 Å². The number of aliphatic hydroxyl groups is 2. The van der Waals surface area contributed by atoms with Gasteiger partial charge in [-0.1, -0.05) is 159 Å². The van der Waals surface area contributed by atoms with Gasteiger partial charge in [-0.2, -0.15) is 15.1 Å². The highest BCUT2D eigenvalue weighted by atomic mass is 19.1. The number of amides is 3. The first-order chi connectivity index (χ1) is 52.3. The van der Waals surface area contributed by atoms with Crippen molar-refractivity contribution in [2.45, 2.75) is 153 Å². The van der Waals surface area contributed by atoms with Gasteiger partial charge in [0.2, 0.25) is 11.8 Å². The fraction of sp³-hybridized carbons (Fsp3) is 0.365. The van der Waals surface area contributed by atoms with Crippen molar-refractivity contribution < 1.29 is 47.9 Å². The van der Waals surface area contributed by atoms with Crippen LogP contribution in [0.25, 0.3) is 55.4 Å². The molecule has 1 aliphatic carbocycles. The number of fused-ring (bicyclic) bond motifs is 4. The Hall–Kier alpha value is -11.0. The van der Waals surface area contributed by atoms with Crippen molar-refractivity contribution in [2.24, 2.45) is 5.92 Å². The number of carbonyl (C=O) groups is 3. The fourth-order valence-electron chi connectivity index (χ4n) is 16.4. The molecule has 5 fully saturated rings. The van der Waals surface area contributed by atoms with E-state index in [2.05, 4.69) is 79.2 Å².